The van der Waals surface area contributed by atoms with Crippen LogP contribution in [0.15, 0.2) is 51.8 Å². The molecular formula is C15H15BrClNO3S. The minimum atomic E-state index is -3.71. The molecule has 7 heteroatoms. The van der Waals surface area contributed by atoms with Crippen LogP contribution in [0.1, 0.15) is 6.92 Å². The molecule has 2 rings (SSSR count). The van der Waals surface area contributed by atoms with Crippen LogP contribution in [-0.2, 0) is 10.0 Å². The monoisotopic (exact) mass is 403 g/mol. The second kappa shape index (κ2) is 6.89. The third-order valence-corrected chi connectivity index (χ3v) is 5.94. The van der Waals surface area contributed by atoms with Crippen LogP contribution in [0.5, 0.6) is 5.75 Å². The molecule has 0 aromatic heterocycles. The van der Waals surface area contributed by atoms with Gasteiger partial charge in [0.1, 0.15) is 5.75 Å². The summed E-state index contributed by atoms with van der Waals surface area (Å²) in [5.74, 6) is 0.569. The van der Waals surface area contributed by atoms with E-state index in [2.05, 4.69) is 15.9 Å². The van der Waals surface area contributed by atoms with Crippen LogP contribution in [0.2, 0.25) is 5.02 Å². The van der Waals surface area contributed by atoms with Crippen LogP contribution >= 0.6 is 27.5 Å². The van der Waals surface area contributed by atoms with Gasteiger partial charge < -0.3 is 4.74 Å². The molecule has 0 spiro atoms. The third kappa shape index (κ3) is 3.24. The Bertz CT molecular complexity index is 780. The molecule has 2 aromatic carbocycles. The lowest BCUT2D eigenvalue weighted by Crippen LogP contribution is -2.31. The molecule has 0 bridgehead atoms. The average Bonchev–Trinajstić information content (AvgIpc) is 2.49. The number of rotatable bonds is 5. The van der Waals surface area contributed by atoms with Crippen molar-refractivity contribution in [3.63, 3.8) is 0 Å². The highest BCUT2D eigenvalue weighted by atomic mass is 79.9. The molecule has 0 saturated carbocycles. The van der Waals surface area contributed by atoms with Crippen molar-refractivity contribution in [2.24, 2.45) is 0 Å². The highest BCUT2D eigenvalue weighted by Gasteiger charge is 2.25. The summed E-state index contributed by atoms with van der Waals surface area (Å²) in [5.41, 5.74) is 0.457. The smallest absolute Gasteiger partial charge is 0.264 e. The number of hydrogen-bond donors (Lipinski definition) is 0. The van der Waals surface area contributed by atoms with Gasteiger partial charge in [-0.1, -0.05) is 23.7 Å². The lowest BCUT2D eigenvalue weighted by atomic mass is 10.3. The van der Waals surface area contributed by atoms with Gasteiger partial charge in [-0.2, -0.15) is 0 Å². The maximum absolute atomic E-state index is 12.9. The van der Waals surface area contributed by atoms with Crippen LogP contribution in [0.4, 0.5) is 5.69 Å². The predicted octanol–water partition coefficient (Wildman–Crippen LogP) is 4.33. The van der Waals surface area contributed by atoms with Gasteiger partial charge in [0.15, 0.2) is 0 Å². The predicted molar refractivity (Wildman–Crippen MR) is 92.4 cm³/mol. The molecule has 0 saturated heterocycles. The first-order valence-electron chi connectivity index (χ1n) is 6.52. The van der Waals surface area contributed by atoms with E-state index in [0.29, 0.717) is 20.9 Å². The maximum atomic E-state index is 12.9. The summed E-state index contributed by atoms with van der Waals surface area (Å²) in [6.07, 6.45) is 0. The minimum Gasteiger partial charge on any atom is -0.496 e. The zero-order valence-electron chi connectivity index (χ0n) is 12.1. The Hall–Kier alpha value is -1.24. The normalized spacial score (nSPS) is 11.3. The largest absolute Gasteiger partial charge is 0.496 e. The summed E-state index contributed by atoms with van der Waals surface area (Å²) >= 11 is 9.44. The molecule has 0 heterocycles. The molecule has 4 nitrogen and oxygen atoms in total. The van der Waals surface area contributed by atoms with E-state index in [1.165, 1.54) is 23.5 Å². The van der Waals surface area contributed by atoms with Crippen molar-refractivity contribution in [3.05, 3.63) is 52.0 Å². The lowest BCUT2D eigenvalue weighted by Gasteiger charge is -2.24. The van der Waals surface area contributed by atoms with E-state index in [1.807, 2.05) is 0 Å². The van der Waals surface area contributed by atoms with E-state index >= 15 is 0 Å². The molecule has 0 radical (unpaired) electrons. The average molecular weight is 405 g/mol. The molecule has 2 aromatic rings. The first kappa shape index (κ1) is 17.1. The Morgan fingerprint density at radius 3 is 2.45 bits per heavy atom. The molecule has 0 N–H and O–H groups in total. The van der Waals surface area contributed by atoms with Crippen molar-refractivity contribution in [1.82, 2.24) is 0 Å². The highest BCUT2D eigenvalue weighted by Crippen LogP contribution is 2.33. The van der Waals surface area contributed by atoms with Crippen LogP contribution in [0.3, 0.4) is 0 Å². The molecule has 0 atom stereocenters. The third-order valence-electron chi connectivity index (χ3n) is 3.12. The number of methoxy groups -OCH3 is 1. The number of sulfonamides is 1. The van der Waals surface area contributed by atoms with Crippen molar-refractivity contribution < 1.29 is 13.2 Å². The fourth-order valence-electron chi connectivity index (χ4n) is 2.06. The van der Waals surface area contributed by atoms with Crippen LogP contribution < -0.4 is 9.04 Å². The minimum absolute atomic E-state index is 0.168. The van der Waals surface area contributed by atoms with Crippen molar-refractivity contribution in [2.45, 2.75) is 11.8 Å². The Kier molecular flexibility index (Phi) is 5.36. The second-order valence-corrected chi connectivity index (χ2v) is 7.54. The van der Waals surface area contributed by atoms with Crippen molar-refractivity contribution in [2.75, 3.05) is 18.0 Å². The van der Waals surface area contributed by atoms with Gasteiger partial charge in [-0.05, 0) is 53.2 Å². The van der Waals surface area contributed by atoms with Gasteiger partial charge >= 0.3 is 0 Å². The zero-order valence-corrected chi connectivity index (χ0v) is 15.2. The summed E-state index contributed by atoms with van der Waals surface area (Å²) in [6.45, 7) is 2.04. The first-order chi connectivity index (χ1) is 10.4. The van der Waals surface area contributed by atoms with Crippen molar-refractivity contribution >= 4 is 43.2 Å². The Labute approximate surface area is 143 Å². The maximum Gasteiger partial charge on any atom is 0.264 e. The standard InChI is InChI=1S/C15H15BrClNO3S/c1-3-18(14-7-5-4-6-13(14)17)22(19,20)11-8-9-15(21-2)12(16)10-11/h4-10H,3H2,1-2H3. The quantitative estimate of drug-likeness (QED) is 0.745. The van der Waals surface area contributed by atoms with E-state index in [-0.39, 0.29) is 11.4 Å². The summed E-state index contributed by atoms with van der Waals surface area (Å²) in [7, 11) is -2.19. The lowest BCUT2D eigenvalue weighted by molar-refractivity contribution is 0.411. The number of anilines is 1. The Balaban J connectivity index is 2.52. The fourth-order valence-corrected chi connectivity index (χ4v) is 4.56. The molecule has 0 aliphatic heterocycles. The van der Waals surface area contributed by atoms with E-state index < -0.39 is 10.0 Å². The van der Waals surface area contributed by atoms with Gasteiger partial charge in [-0.25, -0.2) is 8.42 Å². The molecule has 0 aliphatic carbocycles. The van der Waals surface area contributed by atoms with E-state index in [0.717, 1.165) is 0 Å². The number of halogens is 2. The van der Waals surface area contributed by atoms with E-state index in [9.17, 15) is 8.42 Å². The zero-order chi connectivity index (χ0) is 16.3. The summed E-state index contributed by atoms with van der Waals surface area (Å²) in [4.78, 5) is 0.168. The van der Waals surface area contributed by atoms with Gasteiger partial charge in [-0.3, -0.25) is 4.31 Å². The highest BCUT2D eigenvalue weighted by molar-refractivity contribution is 9.10. The Morgan fingerprint density at radius 2 is 1.91 bits per heavy atom. The molecule has 0 unspecified atom stereocenters. The molecule has 22 heavy (non-hydrogen) atoms. The molecule has 0 amide bonds. The number of hydrogen-bond acceptors (Lipinski definition) is 3. The number of nitrogens with zero attached hydrogens (tertiary/aromatic N) is 1. The van der Waals surface area contributed by atoms with Crippen LogP contribution in [-0.4, -0.2) is 22.1 Å². The number of benzene rings is 2. The van der Waals surface area contributed by atoms with Crippen molar-refractivity contribution in [1.29, 1.82) is 0 Å². The van der Waals surface area contributed by atoms with Gasteiger partial charge in [0.2, 0.25) is 0 Å². The fraction of sp³-hybridized carbons (Fsp3) is 0.200. The van der Waals surface area contributed by atoms with Gasteiger partial charge in [0, 0.05) is 6.54 Å². The Morgan fingerprint density at radius 1 is 1.23 bits per heavy atom. The van der Waals surface area contributed by atoms with Gasteiger partial charge in [-0.15, -0.1) is 0 Å². The molecule has 0 fully saturated rings. The number of ether oxygens (including phenoxy) is 1. The first-order valence-corrected chi connectivity index (χ1v) is 9.13. The van der Waals surface area contributed by atoms with E-state index in [1.54, 1.807) is 37.3 Å². The van der Waals surface area contributed by atoms with Gasteiger partial charge in [0.25, 0.3) is 10.0 Å². The van der Waals surface area contributed by atoms with Crippen molar-refractivity contribution in [3.8, 4) is 5.75 Å². The van der Waals surface area contributed by atoms with Crippen LogP contribution in [0, 0.1) is 0 Å². The SMILES string of the molecule is CCN(c1ccccc1Cl)S(=O)(=O)c1ccc(OC)c(Br)c1. The molecule has 0 aliphatic rings. The van der Waals surface area contributed by atoms with Gasteiger partial charge in [0.05, 0.1) is 27.2 Å². The number of para-hydroxylation sites is 1. The van der Waals surface area contributed by atoms with Crippen LogP contribution in [0.25, 0.3) is 0 Å². The summed E-state index contributed by atoms with van der Waals surface area (Å²) in [5, 5.41) is 0.389. The topological polar surface area (TPSA) is 46.6 Å². The summed E-state index contributed by atoms with van der Waals surface area (Å²) in [6, 6.07) is 11.5. The molecular weight excluding hydrogens is 390 g/mol. The molecule has 118 valence electrons. The second-order valence-electron chi connectivity index (χ2n) is 4.42. The van der Waals surface area contributed by atoms with E-state index in [4.69, 9.17) is 16.3 Å². The summed E-state index contributed by atoms with van der Waals surface area (Å²) < 4.78 is 32.7.